The van der Waals surface area contributed by atoms with Gasteiger partial charge in [-0.3, -0.25) is 4.79 Å². The molecule has 4 bridgehead atoms. The number of likely N-dealkylation sites (N-methyl/N-ethyl adjacent to an activating group) is 1. The molecule has 1 aromatic carbocycles. The lowest BCUT2D eigenvalue weighted by Crippen LogP contribution is -2.78. The van der Waals surface area contributed by atoms with E-state index in [1.807, 2.05) is 0 Å². The molecule has 1 saturated heterocycles. The molecule has 28 heavy (non-hydrogen) atoms. The molecular weight excluding hydrogens is 354 g/mol. The van der Waals surface area contributed by atoms with E-state index in [1.165, 1.54) is 11.1 Å². The van der Waals surface area contributed by atoms with E-state index in [4.69, 9.17) is 14.2 Å². The van der Waals surface area contributed by atoms with Crippen molar-refractivity contribution in [2.45, 2.75) is 61.2 Å². The maximum atomic E-state index is 12.8. The average Bonchev–Trinajstić information content (AvgIpc) is 3.25. The SMILES string of the molecule is COc1ccc2c3c1OC1C4(OC)CCC5(CC4C(C)=O)C4N(C)CC24CC315. The lowest BCUT2D eigenvalue weighted by Gasteiger charge is -2.70. The van der Waals surface area contributed by atoms with Gasteiger partial charge in [0.15, 0.2) is 11.5 Å². The highest BCUT2D eigenvalue weighted by Gasteiger charge is 2.90. The molecular formula is C23H27NO4. The summed E-state index contributed by atoms with van der Waals surface area (Å²) in [6.07, 6.45) is 4.02. The Bertz CT molecular complexity index is 976. The number of methoxy groups -OCH3 is 2. The first kappa shape index (κ1) is 16.2. The molecule has 2 aliphatic heterocycles. The number of fused-ring (bicyclic) bond motifs is 2. The minimum absolute atomic E-state index is 0.0398. The third kappa shape index (κ3) is 1.18. The molecule has 148 valence electrons. The zero-order chi connectivity index (χ0) is 19.3. The fourth-order valence-corrected chi connectivity index (χ4v) is 9.58. The summed E-state index contributed by atoms with van der Waals surface area (Å²) in [4.78, 5) is 15.4. The number of ether oxygens (including phenoxy) is 3. The predicted octanol–water partition coefficient (Wildman–Crippen LogP) is 2.44. The highest BCUT2D eigenvalue weighted by Crippen LogP contribution is 2.85. The standard InChI is InChI=1S/C23H27NO4/c1-12(25)14-9-21-7-8-23(14,27-4)19-22(21)10-20(11-24(2)18(20)21)13-5-6-15(26-3)17(28-19)16(13)22/h5-6,14,18-19H,7-11H2,1-4H3. The topological polar surface area (TPSA) is 48.0 Å². The van der Waals surface area contributed by atoms with Crippen molar-refractivity contribution in [2.75, 3.05) is 27.8 Å². The molecule has 0 aromatic heterocycles. The average molecular weight is 381 g/mol. The summed E-state index contributed by atoms with van der Waals surface area (Å²) in [5, 5.41) is 0. The molecule has 5 nitrogen and oxygen atoms in total. The van der Waals surface area contributed by atoms with Crippen LogP contribution in [0.3, 0.4) is 0 Å². The first-order valence-corrected chi connectivity index (χ1v) is 10.6. The van der Waals surface area contributed by atoms with Crippen LogP contribution >= 0.6 is 0 Å². The zero-order valence-corrected chi connectivity index (χ0v) is 17.0. The monoisotopic (exact) mass is 381 g/mol. The molecule has 7 aliphatic rings. The molecule has 1 aromatic rings. The minimum atomic E-state index is -0.525. The van der Waals surface area contributed by atoms with Crippen LogP contribution in [0.2, 0.25) is 0 Å². The van der Waals surface area contributed by atoms with Gasteiger partial charge in [-0.1, -0.05) is 6.07 Å². The van der Waals surface area contributed by atoms with Gasteiger partial charge in [0.2, 0.25) is 0 Å². The van der Waals surface area contributed by atoms with Crippen molar-refractivity contribution in [1.82, 2.24) is 4.90 Å². The van der Waals surface area contributed by atoms with E-state index in [9.17, 15) is 4.79 Å². The molecule has 0 radical (unpaired) electrons. The van der Waals surface area contributed by atoms with Crippen molar-refractivity contribution in [3.8, 4) is 11.5 Å². The van der Waals surface area contributed by atoms with Gasteiger partial charge in [0.25, 0.3) is 0 Å². The molecule has 0 N–H and O–H groups in total. The van der Waals surface area contributed by atoms with Gasteiger partial charge in [-0.05, 0) is 51.3 Å². The fourth-order valence-electron chi connectivity index (χ4n) is 9.58. The van der Waals surface area contributed by atoms with Crippen molar-refractivity contribution >= 4 is 5.78 Å². The number of carbonyl (C=O) groups is 1. The van der Waals surface area contributed by atoms with Crippen LogP contribution in [0.15, 0.2) is 12.1 Å². The van der Waals surface area contributed by atoms with Crippen LogP contribution in [0, 0.1) is 11.3 Å². The second kappa shape index (κ2) is 4.29. The van der Waals surface area contributed by atoms with Crippen LogP contribution in [0.1, 0.15) is 43.7 Å². The molecule has 7 unspecified atom stereocenters. The van der Waals surface area contributed by atoms with Crippen molar-refractivity contribution in [3.05, 3.63) is 23.3 Å². The number of ketones is 1. The van der Waals surface area contributed by atoms with Gasteiger partial charge in [-0.25, -0.2) is 0 Å². The van der Waals surface area contributed by atoms with Gasteiger partial charge < -0.3 is 19.1 Å². The first-order chi connectivity index (χ1) is 13.4. The Labute approximate surface area is 165 Å². The molecule has 0 amide bonds. The van der Waals surface area contributed by atoms with E-state index in [2.05, 4.69) is 24.1 Å². The third-order valence-electron chi connectivity index (χ3n) is 9.94. The number of carbonyl (C=O) groups excluding carboxylic acids is 1. The number of nitrogens with zero attached hydrogens (tertiary/aromatic N) is 1. The summed E-state index contributed by atoms with van der Waals surface area (Å²) in [6, 6.07) is 4.90. The van der Waals surface area contributed by atoms with Crippen LogP contribution < -0.4 is 9.47 Å². The molecule has 5 fully saturated rings. The van der Waals surface area contributed by atoms with Gasteiger partial charge >= 0.3 is 0 Å². The number of likely N-dealkylation sites (tertiary alicyclic amines) is 1. The van der Waals surface area contributed by atoms with Gasteiger partial charge in [0, 0.05) is 41.5 Å². The number of benzene rings is 1. The summed E-state index contributed by atoms with van der Waals surface area (Å²) in [5.74, 6) is 1.93. The second-order valence-corrected chi connectivity index (χ2v) is 10.3. The van der Waals surface area contributed by atoms with E-state index in [0.717, 1.165) is 43.7 Å². The van der Waals surface area contributed by atoms with E-state index in [-0.39, 0.29) is 34.1 Å². The fraction of sp³-hybridized carbons (Fsp3) is 0.696. The molecule has 7 atom stereocenters. The third-order valence-corrected chi connectivity index (χ3v) is 9.94. The minimum Gasteiger partial charge on any atom is -0.493 e. The maximum absolute atomic E-state index is 12.8. The lowest BCUT2D eigenvalue weighted by molar-refractivity contribution is -0.248. The molecule has 5 heteroatoms. The molecule has 8 rings (SSSR count). The summed E-state index contributed by atoms with van der Waals surface area (Å²) in [7, 11) is 5.78. The van der Waals surface area contributed by atoms with Crippen LogP contribution in [-0.4, -0.2) is 56.2 Å². The number of hydrogen-bond donors (Lipinski definition) is 0. The van der Waals surface area contributed by atoms with Gasteiger partial charge in [0.05, 0.1) is 13.0 Å². The van der Waals surface area contributed by atoms with Crippen LogP contribution in [0.25, 0.3) is 0 Å². The molecule has 5 aliphatic carbocycles. The summed E-state index contributed by atoms with van der Waals surface area (Å²) >= 11 is 0. The normalized spacial score (nSPS) is 50.8. The molecule has 3 spiro atoms. The lowest BCUT2D eigenvalue weighted by atomic mass is 9.39. The Kier molecular flexibility index (Phi) is 2.49. The summed E-state index contributed by atoms with van der Waals surface area (Å²) in [5.41, 5.74) is 2.64. The second-order valence-electron chi connectivity index (χ2n) is 10.3. The van der Waals surface area contributed by atoms with Gasteiger partial charge in [-0.15, -0.1) is 0 Å². The van der Waals surface area contributed by atoms with E-state index in [0.29, 0.717) is 6.04 Å². The number of rotatable bonds is 3. The van der Waals surface area contributed by atoms with Crippen LogP contribution in [-0.2, 0) is 20.4 Å². The molecule has 4 saturated carbocycles. The number of hydrogen-bond acceptors (Lipinski definition) is 5. The molecule has 2 heterocycles. The zero-order valence-electron chi connectivity index (χ0n) is 17.0. The smallest absolute Gasteiger partial charge is 0.166 e. The highest BCUT2D eigenvalue weighted by molar-refractivity contribution is 5.82. The predicted molar refractivity (Wildman–Crippen MR) is 102 cm³/mol. The Morgan fingerprint density at radius 2 is 2.11 bits per heavy atom. The Morgan fingerprint density at radius 3 is 2.79 bits per heavy atom. The van der Waals surface area contributed by atoms with E-state index in [1.54, 1.807) is 21.1 Å². The number of Topliss-reactive ketones (excluding diaryl/α,β-unsaturated/α-hetero) is 1. The van der Waals surface area contributed by atoms with Crippen LogP contribution in [0.4, 0.5) is 0 Å². The van der Waals surface area contributed by atoms with Crippen molar-refractivity contribution in [2.24, 2.45) is 11.3 Å². The summed E-state index contributed by atoms with van der Waals surface area (Å²) in [6.45, 7) is 2.86. The van der Waals surface area contributed by atoms with Gasteiger partial charge in [0.1, 0.15) is 17.5 Å². The summed E-state index contributed by atoms with van der Waals surface area (Å²) < 4.78 is 18.8. The van der Waals surface area contributed by atoms with Gasteiger partial charge in [-0.2, -0.15) is 0 Å². The van der Waals surface area contributed by atoms with E-state index >= 15 is 0 Å². The maximum Gasteiger partial charge on any atom is 0.166 e. The first-order valence-electron chi connectivity index (χ1n) is 10.6. The van der Waals surface area contributed by atoms with Crippen LogP contribution in [0.5, 0.6) is 11.5 Å². The van der Waals surface area contributed by atoms with Crippen molar-refractivity contribution in [1.29, 1.82) is 0 Å². The highest BCUT2D eigenvalue weighted by atomic mass is 16.6. The Morgan fingerprint density at radius 1 is 1.29 bits per heavy atom. The Hall–Kier alpha value is -1.59. The Balaban J connectivity index is 1.59. The quantitative estimate of drug-likeness (QED) is 0.805. The largest absolute Gasteiger partial charge is 0.493 e. The van der Waals surface area contributed by atoms with Crippen molar-refractivity contribution < 1.29 is 19.0 Å². The van der Waals surface area contributed by atoms with E-state index < -0.39 is 5.60 Å². The van der Waals surface area contributed by atoms with Crippen molar-refractivity contribution in [3.63, 3.8) is 0 Å².